The zero-order valence-electron chi connectivity index (χ0n) is 14.0. The van der Waals surface area contributed by atoms with Crippen LogP contribution in [0.25, 0.3) is 10.9 Å². The third kappa shape index (κ3) is 3.79. The molecule has 0 radical (unpaired) electrons. The van der Waals surface area contributed by atoms with E-state index < -0.39 is 5.60 Å². The maximum Gasteiger partial charge on any atom is 0.419 e. The highest BCUT2D eigenvalue weighted by Crippen LogP contribution is 2.24. The summed E-state index contributed by atoms with van der Waals surface area (Å²) in [7, 11) is 0. The van der Waals surface area contributed by atoms with Gasteiger partial charge in [-0.05, 0) is 65.2 Å². The summed E-state index contributed by atoms with van der Waals surface area (Å²) in [4.78, 5) is 12.6. The van der Waals surface area contributed by atoms with Crippen molar-refractivity contribution in [2.75, 3.05) is 0 Å². The molecule has 0 saturated carbocycles. The van der Waals surface area contributed by atoms with Crippen molar-refractivity contribution in [2.24, 2.45) is 0 Å². The first-order valence-electron chi connectivity index (χ1n) is 7.77. The van der Waals surface area contributed by atoms with Crippen LogP contribution >= 0.6 is 0 Å². The maximum absolute atomic E-state index is 12.6. The first-order valence-corrected chi connectivity index (χ1v) is 7.77. The first-order chi connectivity index (χ1) is 10.3. The van der Waals surface area contributed by atoms with Gasteiger partial charge in [-0.15, -0.1) is 6.58 Å². The summed E-state index contributed by atoms with van der Waals surface area (Å²) in [5, 5.41) is 1.08. The largest absolute Gasteiger partial charge is 0.443 e. The van der Waals surface area contributed by atoms with Crippen molar-refractivity contribution in [1.82, 2.24) is 4.57 Å². The van der Waals surface area contributed by atoms with Gasteiger partial charge in [-0.25, -0.2) is 9.36 Å². The van der Waals surface area contributed by atoms with Crippen LogP contribution in [-0.4, -0.2) is 16.3 Å². The van der Waals surface area contributed by atoms with Crippen molar-refractivity contribution in [2.45, 2.75) is 52.6 Å². The third-order valence-corrected chi connectivity index (χ3v) is 3.45. The lowest BCUT2D eigenvalue weighted by Crippen LogP contribution is -2.28. The van der Waals surface area contributed by atoms with Gasteiger partial charge in [0.05, 0.1) is 5.52 Å². The molecule has 0 unspecified atom stereocenters. The molecule has 118 valence electrons. The van der Waals surface area contributed by atoms with E-state index >= 15 is 0 Å². The smallest absolute Gasteiger partial charge is 0.419 e. The van der Waals surface area contributed by atoms with Crippen LogP contribution < -0.4 is 0 Å². The van der Waals surface area contributed by atoms with Gasteiger partial charge >= 0.3 is 6.09 Å². The predicted octanol–water partition coefficient (Wildman–Crippen LogP) is 5.24. The molecule has 0 fully saturated rings. The van der Waals surface area contributed by atoms with E-state index in [1.807, 2.05) is 39.0 Å². The molecule has 0 aliphatic carbocycles. The van der Waals surface area contributed by atoms with Gasteiger partial charge in [0, 0.05) is 11.1 Å². The van der Waals surface area contributed by atoms with E-state index in [1.54, 1.807) is 4.57 Å². The number of fused-ring (bicyclic) bond motifs is 1. The highest BCUT2D eigenvalue weighted by molar-refractivity contribution is 5.91. The topological polar surface area (TPSA) is 31.2 Å². The Bertz CT molecular complexity index is 689. The van der Waals surface area contributed by atoms with E-state index in [-0.39, 0.29) is 6.09 Å². The minimum atomic E-state index is -0.503. The molecule has 0 saturated heterocycles. The molecule has 1 aromatic carbocycles. The lowest BCUT2D eigenvalue weighted by atomic mass is 10.1. The summed E-state index contributed by atoms with van der Waals surface area (Å²) in [6.07, 6.45) is 4.35. The number of benzene rings is 1. The Labute approximate surface area is 132 Å². The Hall–Kier alpha value is -2.03. The molecule has 3 heteroatoms. The molecule has 0 aliphatic rings. The Morgan fingerprint density at radius 1 is 1.32 bits per heavy atom. The average molecular weight is 299 g/mol. The number of carbonyl (C=O) groups is 1. The Kier molecular flexibility index (Phi) is 4.74. The first kappa shape index (κ1) is 16.3. The number of nitrogens with zero attached hydrogens (tertiary/aromatic N) is 1. The van der Waals surface area contributed by atoms with E-state index in [1.165, 1.54) is 5.56 Å². The van der Waals surface area contributed by atoms with Crippen molar-refractivity contribution in [3.63, 3.8) is 0 Å². The second-order valence-electron chi connectivity index (χ2n) is 6.69. The van der Waals surface area contributed by atoms with E-state index in [0.717, 1.165) is 35.9 Å². The highest BCUT2D eigenvalue weighted by atomic mass is 16.6. The highest BCUT2D eigenvalue weighted by Gasteiger charge is 2.21. The Balaban J connectivity index is 2.45. The number of hydrogen-bond donors (Lipinski definition) is 0. The molecule has 2 aromatic rings. The van der Waals surface area contributed by atoms with Gasteiger partial charge in [0.15, 0.2) is 0 Å². The van der Waals surface area contributed by atoms with Crippen LogP contribution in [0.5, 0.6) is 0 Å². The number of ether oxygens (including phenoxy) is 1. The van der Waals surface area contributed by atoms with Crippen LogP contribution in [0.1, 0.15) is 44.9 Å². The fraction of sp³-hybridized carbons (Fsp3) is 0.421. The molecular formula is C19H25NO2. The Morgan fingerprint density at radius 2 is 2.05 bits per heavy atom. The van der Waals surface area contributed by atoms with Crippen molar-refractivity contribution < 1.29 is 9.53 Å². The Morgan fingerprint density at radius 3 is 2.68 bits per heavy atom. The summed E-state index contributed by atoms with van der Waals surface area (Å²) in [6.45, 7) is 11.5. The van der Waals surface area contributed by atoms with Crippen molar-refractivity contribution in [3.8, 4) is 0 Å². The zero-order valence-corrected chi connectivity index (χ0v) is 14.0. The molecule has 1 heterocycles. The summed E-state index contributed by atoms with van der Waals surface area (Å²) >= 11 is 0. The second-order valence-corrected chi connectivity index (χ2v) is 6.69. The number of allylic oxidation sites excluding steroid dienone is 1. The monoisotopic (exact) mass is 299 g/mol. The van der Waals surface area contributed by atoms with Gasteiger partial charge in [0.1, 0.15) is 5.60 Å². The van der Waals surface area contributed by atoms with Gasteiger partial charge in [0.25, 0.3) is 0 Å². The molecule has 0 atom stereocenters. The molecule has 0 amide bonds. The second kappa shape index (κ2) is 6.39. The van der Waals surface area contributed by atoms with Crippen LogP contribution in [-0.2, 0) is 11.2 Å². The van der Waals surface area contributed by atoms with Gasteiger partial charge in [-0.2, -0.15) is 0 Å². The van der Waals surface area contributed by atoms with E-state index in [4.69, 9.17) is 4.74 Å². The minimum absolute atomic E-state index is 0.306. The number of carbonyl (C=O) groups excluding carboxylic acids is 1. The third-order valence-electron chi connectivity index (χ3n) is 3.45. The van der Waals surface area contributed by atoms with Gasteiger partial charge in [0.2, 0.25) is 0 Å². The summed E-state index contributed by atoms with van der Waals surface area (Å²) < 4.78 is 7.28. The molecule has 0 spiro atoms. The molecule has 1 aromatic heterocycles. The fourth-order valence-corrected chi connectivity index (χ4v) is 2.53. The normalized spacial score (nSPS) is 11.6. The number of aryl methyl sites for hydroxylation is 2. The van der Waals surface area contributed by atoms with Crippen molar-refractivity contribution in [1.29, 1.82) is 0 Å². The SMILES string of the molecule is C=CCCCc1cc2cc(C)ccc2n1C(=O)OC(C)(C)C. The average Bonchev–Trinajstić information content (AvgIpc) is 2.74. The predicted molar refractivity (Wildman–Crippen MR) is 91.4 cm³/mol. The zero-order chi connectivity index (χ0) is 16.3. The molecule has 0 bridgehead atoms. The molecule has 2 rings (SSSR count). The quantitative estimate of drug-likeness (QED) is 0.571. The van der Waals surface area contributed by atoms with Crippen LogP contribution in [0.15, 0.2) is 36.9 Å². The number of unbranched alkanes of at least 4 members (excludes halogenated alkanes) is 1. The van der Waals surface area contributed by atoms with Crippen LogP contribution in [0.4, 0.5) is 4.79 Å². The standard InChI is InChI=1S/C19H25NO2/c1-6-7-8-9-16-13-15-12-14(2)10-11-17(15)20(16)18(21)22-19(3,4)5/h6,10-13H,1,7-9H2,2-5H3. The molecule has 0 N–H and O–H groups in total. The minimum Gasteiger partial charge on any atom is -0.443 e. The molecular weight excluding hydrogens is 274 g/mol. The van der Waals surface area contributed by atoms with Crippen molar-refractivity contribution >= 4 is 17.0 Å². The van der Waals surface area contributed by atoms with Gasteiger partial charge < -0.3 is 4.74 Å². The number of hydrogen-bond acceptors (Lipinski definition) is 2. The fourth-order valence-electron chi connectivity index (χ4n) is 2.53. The van der Waals surface area contributed by atoms with Crippen LogP contribution in [0.3, 0.4) is 0 Å². The van der Waals surface area contributed by atoms with Crippen molar-refractivity contribution in [3.05, 3.63) is 48.2 Å². The number of aromatic nitrogens is 1. The van der Waals surface area contributed by atoms with Crippen LogP contribution in [0, 0.1) is 6.92 Å². The summed E-state index contributed by atoms with van der Waals surface area (Å²) in [5.41, 5.74) is 2.59. The van der Waals surface area contributed by atoms with E-state index in [9.17, 15) is 4.79 Å². The molecule has 0 aliphatic heterocycles. The summed E-state index contributed by atoms with van der Waals surface area (Å²) in [6, 6.07) is 8.21. The van der Waals surface area contributed by atoms with Gasteiger partial charge in [-0.3, -0.25) is 0 Å². The van der Waals surface area contributed by atoms with Crippen LogP contribution in [0.2, 0.25) is 0 Å². The van der Waals surface area contributed by atoms with E-state index in [2.05, 4.69) is 25.6 Å². The maximum atomic E-state index is 12.6. The summed E-state index contributed by atoms with van der Waals surface area (Å²) in [5.74, 6) is 0. The molecule has 22 heavy (non-hydrogen) atoms. The lowest BCUT2D eigenvalue weighted by molar-refractivity contribution is 0.0540. The van der Waals surface area contributed by atoms with E-state index in [0.29, 0.717) is 0 Å². The van der Waals surface area contributed by atoms with Gasteiger partial charge in [-0.1, -0.05) is 17.7 Å². The lowest BCUT2D eigenvalue weighted by Gasteiger charge is -2.21. The number of rotatable bonds is 4. The molecule has 3 nitrogen and oxygen atoms in total.